The van der Waals surface area contributed by atoms with Gasteiger partial charge in [0.25, 0.3) is 0 Å². The Morgan fingerprint density at radius 2 is 1.56 bits per heavy atom. The van der Waals surface area contributed by atoms with Crippen LogP contribution < -0.4 is 4.74 Å². The number of unbranched alkanes of at least 4 members (excludes halogenated alkanes) is 4. The summed E-state index contributed by atoms with van der Waals surface area (Å²) < 4.78 is 5.79. The minimum atomic E-state index is -0.791. The fourth-order valence-corrected chi connectivity index (χ4v) is 2.98. The third-order valence-corrected chi connectivity index (χ3v) is 4.38. The van der Waals surface area contributed by atoms with Crippen molar-refractivity contribution in [3.63, 3.8) is 0 Å². The molecule has 0 fully saturated rings. The van der Waals surface area contributed by atoms with Crippen molar-refractivity contribution < 1.29 is 14.6 Å². The van der Waals surface area contributed by atoms with Crippen molar-refractivity contribution in [2.75, 3.05) is 6.61 Å². The monoisotopic (exact) mass is 340 g/mol. The lowest BCUT2D eigenvalue weighted by Gasteiger charge is -2.16. The topological polar surface area (TPSA) is 46.5 Å². The lowest BCUT2D eigenvalue weighted by atomic mass is 9.88. The number of ether oxygens (including phenoxy) is 1. The van der Waals surface area contributed by atoms with Crippen LogP contribution in [0, 0.1) is 0 Å². The van der Waals surface area contributed by atoms with Gasteiger partial charge in [0.1, 0.15) is 5.75 Å². The molecule has 2 aromatic carbocycles. The van der Waals surface area contributed by atoms with Gasteiger partial charge < -0.3 is 9.84 Å². The predicted octanol–water partition coefficient (Wildman–Crippen LogP) is 5.64. The average Bonchev–Trinajstić information content (AvgIpc) is 2.64. The van der Waals surface area contributed by atoms with Crippen LogP contribution >= 0.6 is 0 Å². The Balaban J connectivity index is 1.95. The van der Waals surface area contributed by atoms with Gasteiger partial charge >= 0.3 is 5.97 Å². The first kappa shape index (κ1) is 19.0. The molecule has 0 aliphatic rings. The second-order valence-electron chi connectivity index (χ2n) is 6.39. The van der Waals surface area contributed by atoms with Crippen molar-refractivity contribution >= 4 is 5.97 Å². The Morgan fingerprint density at radius 3 is 2.20 bits per heavy atom. The molecule has 134 valence electrons. The first-order valence-electron chi connectivity index (χ1n) is 9.20. The zero-order valence-electron chi connectivity index (χ0n) is 15.0. The quantitative estimate of drug-likeness (QED) is 0.538. The minimum Gasteiger partial charge on any atom is -0.494 e. The molecule has 1 N–H and O–H groups in total. The number of hydrogen-bond donors (Lipinski definition) is 1. The highest BCUT2D eigenvalue weighted by Gasteiger charge is 2.17. The predicted molar refractivity (Wildman–Crippen MR) is 101 cm³/mol. The van der Waals surface area contributed by atoms with Gasteiger partial charge in [-0.05, 0) is 29.7 Å². The third-order valence-electron chi connectivity index (χ3n) is 4.38. The van der Waals surface area contributed by atoms with Gasteiger partial charge in [-0.3, -0.25) is 4.79 Å². The zero-order valence-corrected chi connectivity index (χ0v) is 15.0. The van der Waals surface area contributed by atoms with Crippen LogP contribution in [-0.4, -0.2) is 17.7 Å². The van der Waals surface area contributed by atoms with E-state index in [-0.39, 0.29) is 12.3 Å². The highest BCUT2D eigenvalue weighted by molar-refractivity contribution is 5.69. The Morgan fingerprint density at radius 1 is 0.920 bits per heavy atom. The molecule has 2 rings (SSSR count). The third kappa shape index (κ3) is 6.61. The van der Waals surface area contributed by atoms with E-state index in [0.29, 0.717) is 0 Å². The second kappa shape index (κ2) is 10.5. The van der Waals surface area contributed by atoms with Gasteiger partial charge in [0, 0.05) is 5.92 Å². The van der Waals surface area contributed by atoms with Crippen molar-refractivity contribution in [2.24, 2.45) is 0 Å². The normalized spacial score (nSPS) is 11.9. The molecule has 0 saturated carbocycles. The minimum absolute atomic E-state index is 0.0850. The number of aliphatic carboxylic acids is 1. The smallest absolute Gasteiger partial charge is 0.304 e. The van der Waals surface area contributed by atoms with Crippen molar-refractivity contribution in [3.05, 3.63) is 65.7 Å². The summed E-state index contributed by atoms with van der Waals surface area (Å²) in [7, 11) is 0. The van der Waals surface area contributed by atoms with E-state index in [1.165, 1.54) is 25.7 Å². The fraction of sp³-hybridized carbons (Fsp3) is 0.409. The lowest BCUT2D eigenvalue weighted by molar-refractivity contribution is -0.137. The molecule has 2 aromatic rings. The summed E-state index contributed by atoms with van der Waals surface area (Å²) in [5.74, 6) is -0.0792. The van der Waals surface area contributed by atoms with E-state index < -0.39 is 5.97 Å². The molecule has 0 radical (unpaired) electrons. The summed E-state index contributed by atoms with van der Waals surface area (Å²) in [6.07, 6.45) is 6.18. The molecule has 0 heterocycles. The van der Waals surface area contributed by atoms with E-state index in [1.54, 1.807) is 0 Å². The molecule has 1 atom stereocenters. The van der Waals surface area contributed by atoms with Crippen LogP contribution in [0.25, 0.3) is 0 Å². The van der Waals surface area contributed by atoms with Gasteiger partial charge in [-0.1, -0.05) is 75.1 Å². The molecule has 0 bridgehead atoms. The molecule has 0 aliphatic heterocycles. The van der Waals surface area contributed by atoms with Crippen LogP contribution in [0.15, 0.2) is 54.6 Å². The van der Waals surface area contributed by atoms with Crippen LogP contribution in [0.5, 0.6) is 5.75 Å². The Bertz CT molecular complexity index is 619. The van der Waals surface area contributed by atoms with E-state index in [2.05, 4.69) is 6.92 Å². The molecule has 0 spiro atoms. The molecule has 25 heavy (non-hydrogen) atoms. The van der Waals surface area contributed by atoms with Crippen LogP contribution in [0.2, 0.25) is 0 Å². The average molecular weight is 340 g/mol. The SMILES string of the molecule is CCCCCCCOc1ccc(C(CC(=O)O)c2ccccc2)cc1. The van der Waals surface area contributed by atoms with Gasteiger partial charge in [0.15, 0.2) is 0 Å². The molecule has 0 amide bonds. The summed E-state index contributed by atoms with van der Waals surface area (Å²) in [6, 6.07) is 17.6. The summed E-state index contributed by atoms with van der Waals surface area (Å²) in [6.45, 7) is 2.95. The Kier molecular flexibility index (Phi) is 8.03. The molecule has 0 aromatic heterocycles. The van der Waals surface area contributed by atoms with Crippen molar-refractivity contribution in [3.8, 4) is 5.75 Å². The molecule has 1 unspecified atom stereocenters. The first-order chi connectivity index (χ1) is 12.2. The number of rotatable bonds is 11. The molecule has 0 aliphatic carbocycles. The Hall–Kier alpha value is -2.29. The van der Waals surface area contributed by atoms with Crippen LogP contribution in [0.4, 0.5) is 0 Å². The summed E-state index contributed by atoms with van der Waals surface area (Å²) in [5.41, 5.74) is 2.03. The first-order valence-corrected chi connectivity index (χ1v) is 9.20. The van der Waals surface area contributed by atoms with Crippen LogP contribution in [0.3, 0.4) is 0 Å². The van der Waals surface area contributed by atoms with E-state index in [9.17, 15) is 9.90 Å². The van der Waals surface area contributed by atoms with Gasteiger partial charge in [0.05, 0.1) is 13.0 Å². The van der Waals surface area contributed by atoms with Crippen LogP contribution in [0.1, 0.15) is 62.5 Å². The van der Waals surface area contributed by atoms with Gasteiger partial charge in [-0.15, -0.1) is 0 Å². The summed E-state index contributed by atoms with van der Waals surface area (Å²) in [5, 5.41) is 9.24. The number of carbonyl (C=O) groups is 1. The van der Waals surface area contributed by atoms with Crippen molar-refractivity contribution in [1.82, 2.24) is 0 Å². The van der Waals surface area contributed by atoms with E-state index in [4.69, 9.17) is 4.74 Å². The highest BCUT2D eigenvalue weighted by Crippen LogP contribution is 2.29. The molecule has 0 saturated heterocycles. The van der Waals surface area contributed by atoms with Gasteiger partial charge in [-0.2, -0.15) is 0 Å². The summed E-state index contributed by atoms with van der Waals surface area (Å²) in [4.78, 5) is 11.2. The van der Waals surface area contributed by atoms with E-state index >= 15 is 0 Å². The maximum Gasteiger partial charge on any atom is 0.304 e. The van der Waals surface area contributed by atoms with E-state index in [0.717, 1.165) is 29.9 Å². The van der Waals surface area contributed by atoms with Crippen molar-refractivity contribution in [2.45, 2.75) is 51.4 Å². The fourth-order valence-electron chi connectivity index (χ4n) is 2.98. The molecule has 3 nitrogen and oxygen atoms in total. The second-order valence-corrected chi connectivity index (χ2v) is 6.39. The Labute approximate surface area is 150 Å². The maximum absolute atomic E-state index is 11.2. The number of hydrogen-bond acceptors (Lipinski definition) is 2. The number of carboxylic acids is 1. The maximum atomic E-state index is 11.2. The number of benzene rings is 2. The molecular weight excluding hydrogens is 312 g/mol. The number of carboxylic acid groups (broad SMARTS) is 1. The zero-order chi connectivity index (χ0) is 17.9. The van der Waals surface area contributed by atoms with Crippen molar-refractivity contribution in [1.29, 1.82) is 0 Å². The largest absolute Gasteiger partial charge is 0.494 e. The van der Waals surface area contributed by atoms with Gasteiger partial charge in [0.2, 0.25) is 0 Å². The van der Waals surface area contributed by atoms with Gasteiger partial charge in [-0.25, -0.2) is 0 Å². The molecule has 3 heteroatoms. The highest BCUT2D eigenvalue weighted by atomic mass is 16.5. The van der Waals surface area contributed by atoms with E-state index in [1.807, 2.05) is 54.6 Å². The van der Waals surface area contributed by atoms with Crippen LogP contribution in [-0.2, 0) is 4.79 Å². The lowest BCUT2D eigenvalue weighted by Crippen LogP contribution is -2.08. The standard InChI is InChI=1S/C22H28O3/c1-2-3-4-5-9-16-25-20-14-12-19(13-15-20)21(17-22(23)24)18-10-7-6-8-11-18/h6-8,10-15,21H,2-5,9,16-17H2,1H3,(H,23,24). The summed E-state index contributed by atoms with van der Waals surface area (Å²) >= 11 is 0. The molecular formula is C22H28O3.